The molecule has 0 radical (unpaired) electrons. The molecule has 0 fully saturated rings. The van der Waals surface area contributed by atoms with Gasteiger partial charge in [-0.1, -0.05) is 77.3 Å². The number of para-hydroxylation sites is 4. The Balaban J connectivity index is 1.38. The van der Waals surface area contributed by atoms with Crippen LogP contribution in [0.25, 0.3) is 109 Å². The molecule has 11 aromatic rings. The Bertz CT molecular complexity index is 3140. The molecule has 0 saturated heterocycles. The van der Waals surface area contributed by atoms with E-state index in [4.69, 9.17) is 29.3 Å². The van der Waals surface area contributed by atoms with E-state index in [9.17, 15) is 0 Å². The van der Waals surface area contributed by atoms with Gasteiger partial charge in [0.15, 0.2) is 5.58 Å². The van der Waals surface area contributed by atoms with E-state index in [2.05, 4.69) is 51.0 Å². The Kier molecular flexibility index (Phi) is 6.69. The molecule has 0 bridgehead atoms. The van der Waals surface area contributed by atoms with Gasteiger partial charge in [-0.2, -0.15) is 0 Å². The summed E-state index contributed by atoms with van der Waals surface area (Å²) in [5, 5.41) is 8.17. The van der Waals surface area contributed by atoms with Crippen LogP contribution < -0.4 is 0 Å². The van der Waals surface area contributed by atoms with E-state index in [1.807, 2.05) is 78.9 Å². The molecule has 5 aromatic carbocycles. The maximum absolute atomic E-state index is 6.65. The van der Waals surface area contributed by atoms with Crippen LogP contribution in [-0.2, 0) is 0 Å². The Labute approximate surface area is 308 Å². The average molecular weight is 719 g/mol. The highest BCUT2D eigenvalue weighted by Crippen LogP contribution is 2.50. The van der Waals surface area contributed by atoms with Gasteiger partial charge in [0.25, 0.3) is 0 Å². The molecule has 9 nitrogen and oxygen atoms in total. The van der Waals surface area contributed by atoms with Crippen LogP contribution in [-0.4, -0.2) is 39.5 Å². The molecule has 0 spiro atoms. The molecule has 0 N–H and O–H groups in total. The predicted molar refractivity (Wildman–Crippen MR) is 212 cm³/mol. The predicted octanol–water partition coefficient (Wildman–Crippen LogP) is 10.7. The molecular formula is C42H22N8OS2. The van der Waals surface area contributed by atoms with Crippen molar-refractivity contribution in [1.29, 1.82) is 0 Å². The quantitative estimate of drug-likeness (QED) is 0.171. The Hall–Kier alpha value is -6.82. The first-order valence-electron chi connectivity index (χ1n) is 16.8. The Morgan fingerprint density at radius 2 is 1.42 bits per heavy atom. The molecule has 11 heteroatoms. The number of pyridine rings is 2. The minimum Gasteiger partial charge on any atom is -0.436 e. The van der Waals surface area contributed by atoms with Crippen molar-refractivity contribution in [3.05, 3.63) is 134 Å². The van der Waals surface area contributed by atoms with Crippen LogP contribution in [0.2, 0.25) is 0 Å². The number of fused-ring (bicyclic) bond motifs is 5. The second-order valence-electron chi connectivity index (χ2n) is 12.5. The lowest BCUT2D eigenvalue weighted by molar-refractivity contribution is 0.621. The zero-order valence-electron chi connectivity index (χ0n) is 27.5. The van der Waals surface area contributed by atoms with Crippen LogP contribution >= 0.6 is 22.9 Å². The first kappa shape index (κ1) is 29.9. The van der Waals surface area contributed by atoms with Crippen molar-refractivity contribution in [3.63, 3.8) is 0 Å². The minimum atomic E-state index is 0.447. The van der Waals surface area contributed by atoms with Crippen molar-refractivity contribution in [2.45, 2.75) is 0 Å². The topological polar surface area (TPSA) is 116 Å². The molecule has 53 heavy (non-hydrogen) atoms. The fourth-order valence-corrected chi connectivity index (χ4v) is 8.63. The number of benzene rings is 5. The van der Waals surface area contributed by atoms with Gasteiger partial charge < -0.3 is 4.42 Å². The van der Waals surface area contributed by atoms with Gasteiger partial charge in [0.2, 0.25) is 5.89 Å². The highest BCUT2D eigenvalue weighted by molar-refractivity contribution is 7.21. The lowest BCUT2D eigenvalue weighted by atomic mass is 9.89. The zero-order chi connectivity index (χ0) is 34.9. The largest absolute Gasteiger partial charge is 0.436 e. The van der Waals surface area contributed by atoms with Crippen molar-refractivity contribution in [3.8, 4) is 55.9 Å². The number of oxazole rings is 1. The van der Waals surface area contributed by atoms with Gasteiger partial charge in [-0.05, 0) is 54.0 Å². The first-order valence-corrected chi connectivity index (χ1v) is 18.4. The van der Waals surface area contributed by atoms with E-state index in [0.717, 1.165) is 80.6 Å². The molecule has 11 rings (SSSR count). The molecule has 0 unspecified atom stereocenters. The van der Waals surface area contributed by atoms with Gasteiger partial charge >= 0.3 is 0 Å². The van der Waals surface area contributed by atoms with Gasteiger partial charge in [0.1, 0.15) is 16.0 Å². The van der Waals surface area contributed by atoms with E-state index in [0.29, 0.717) is 28.6 Å². The summed E-state index contributed by atoms with van der Waals surface area (Å²) in [6.07, 6.45) is 5.13. The van der Waals surface area contributed by atoms with Crippen LogP contribution in [0.1, 0.15) is 0 Å². The number of hydrogen-bond donors (Lipinski definition) is 0. The normalized spacial score (nSPS) is 11.8. The van der Waals surface area contributed by atoms with Crippen molar-refractivity contribution in [1.82, 2.24) is 39.5 Å². The fraction of sp³-hybridized carbons (Fsp3) is 0. The van der Waals surface area contributed by atoms with E-state index in [1.54, 1.807) is 29.9 Å². The molecule has 0 aliphatic carbocycles. The molecule has 6 heterocycles. The SMILES string of the molecule is c1ccc2nc(-c3nc(-c4cccc5snnc45)c(-c4nc5ccccc5s4)c4c(-c5nc6ccccc6o5)c(-c5cnccn5)ccc34)ccc2c1. The molecule has 0 aliphatic rings. The van der Waals surface area contributed by atoms with Crippen LogP contribution in [0.15, 0.2) is 138 Å². The monoisotopic (exact) mass is 718 g/mol. The molecule has 248 valence electrons. The van der Waals surface area contributed by atoms with Gasteiger partial charge in [-0.15, -0.1) is 16.4 Å². The van der Waals surface area contributed by atoms with E-state index < -0.39 is 0 Å². The van der Waals surface area contributed by atoms with E-state index in [-0.39, 0.29) is 0 Å². The summed E-state index contributed by atoms with van der Waals surface area (Å²) in [6, 6.07) is 38.5. The summed E-state index contributed by atoms with van der Waals surface area (Å²) in [7, 11) is 0. The number of hydrogen-bond acceptors (Lipinski definition) is 11. The molecule has 0 atom stereocenters. The smallest absolute Gasteiger partial charge is 0.228 e. The highest BCUT2D eigenvalue weighted by Gasteiger charge is 2.29. The van der Waals surface area contributed by atoms with Crippen molar-refractivity contribution >= 4 is 76.1 Å². The summed E-state index contributed by atoms with van der Waals surface area (Å²) in [4.78, 5) is 30.3. The lowest BCUT2D eigenvalue weighted by Gasteiger charge is -2.19. The summed E-state index contributed by atoms with van der Waals surface area (Å²) < 4.78 is 13.0. The van der Waals surface area contributed by atoms with Crippen molar-refractivity contribution in [2.24, 2.45) is 0 Å². The third kappa shape index (κ3) is 4.82. The van der Waals surface area contributed by atoms with E-state index >= 15 is 0 Å². The molecule has 0 aliphatic heterocycles. The van der Waals surface area contributed by atoms with Crippen molar-refractivity contribution in [2.75, 3.05) is 0 Å². The second-order valence-corrected chi connectivity index (χ2v) is 14.3. The standard InChI is InChI=1S/C42H22N8OS2/c1-2-10-27-23(8-1)16-19-30(45-27)38-25-18-17-24(31-22-43-20-21-44-31)36(41-46-28-11-3-5-13-32(28)51-41)35(25)37(42-47-29-12-4-6-14-33(29)52-42)40(48-38)26-9-7-15-34-39(26)49-50-53-34/h1-22H. The third-order valence-corrected chi connectivity index (χ3v) is 11.1. The Morgan fingerprint density at radius 1 is 0.566 bits per heavy atom. The third-order valence-electron chi connectivity index (χ3n) is 9.40. The second kappa shape index (κ2) is 11.9. The van der Waals surface area contributed by atoms with Gasteiger partial charge in [0.05, 0.1) is 55.0 Å². The summed E-state index contributed by atoms with van der Waals surface area (Å²) in [5.74, 6) is 0.447. The zero-order valence-corrected chi connectivity index (χ0v) is 29.1. The number of thiazole rings is 1. The molecular weight excluding hydrogens is 697 g/mol. The molecule has 0 amide bonds. The fourth-order valence-electron chi connectivity index (χ4n) is 7.03. The number of aromatic nitrogens is 8. The number of nitrogens with zero attached hydrogens (tertiary/aromatic N) is 8. The van der Waals surface area contributed by atoms with Gasteiger partial charge in [-0.25, -0.2) is 19.9 Å². The highest BCUT2D eigenvalue weighted by atomic mass is 32.1. The van der Waals surface area contributed by atoms with Crippen LogP contribution in [0.3, 0.4) is 0 Å². The maximum atomic E-state index is 6.65. The van der Waals surface area contributed by atoms with Gasteiger partial charge in [0, 0.05) is 45.2 Å². The van der Waals surface area contributed by atoms with Gasteiger partial charge in [-0.3, -0.25) is 9.97 Å². The maximum Gasteiger partial charge on any atom is 0.228 e. The van der Waals surface area contributed by atoms with Crippen LogP contribution in [0.5, 0.6) is 0 Å². The number of rotatable bonds is 5. The Morgan fingerprint density at radius 3 is 2.30 bits per heavy atom. The van der Waals surface area contributed by atoms with E-state index in [1.165, 1.54) is 11.5 Å². The molecule has 0 saturated carbocycles. The minimum absolute atomic E-state index is 0.447. The summed E-state index contributed by atoms with van der Waals surface area (Å²) >= 11 is 2.97. The average Bonchev–Trinajstić information content (AvgIpc) is 3.98. The first-order chi connectivity index (χ1) is 26.3. The summed E-state index contributed by atoms with van der Waals surface area (Å²) in [5.41, 5.74) is 9.99. The van der Waals surface area contributed by atoms with Crippen LogP contribution in [0.4, 0.5) is 0 Å². The van der Waals surface area contributed by atoms with Crippen molar-refractivity contribution < 1.29 is 4.42 Å². The summed E-state index contributed by atoms with van der Waals surface area (Å²) in [6.45, 7) is 0. The van der Waals surface area contributed by atoms with Crippen LogP contribution in [0, 0.1) is 0 Å². The lowest BCUT2D eigenvalue weighted by Crippen LogP contribution is -2.01. The molecule has 6 aromatic heterocycles.